The average Bonchev–Trinajstić information content (AvgIpc) is 3.39. The summed E-state index contributed by atoms with van der Waals surface area (Å²) < 4.78 is 41.6. The Labute approximate surface area is 221 Å². The van der Waals surface area contributed by atoms with Crippen LogP contribution in [0.2, 0.25) is 0 Å². The number of carbonyl (C=O) groups is 1. The van der Waals surface area contributed by atoms with Crippen molar-refractivity contribution >= 4 is 17.3 Å². The Morgan fingerprint density at radius 1 is 1.16 bits per heavy atom. The number of hydrogen-bond donors (Lipinski definition) is 2. The van der Waals surface area contributed by atoms with Gasteiger partial charge in [-0.1, -0.05) is 6.07 Å². The lowest BCUT2D eigenvalue weighted by Crippen LogP contribution is -2.57. The van der Waals surface area contributed by atoms with Crippen LogP contribution < -0.4 is 10.6 Å². The third-order valence-electron chi connectivity index (χ3n) is 8.94. The highest BCUT2D eigenvalue weighted by Crippen LogP contribution is 2.42. The molecule has 0 atom stereocenters. The largest absolute Gasteiger partial charge is 0.407 e. The van der Waals surface area contributed by atoms with E-state index in [0.717, 1.165) is 43.6 Å². The van der Waals surface area contributed by atoms with E-state index in [2.05, 4.69) is 25.5 Å². The van der Waals surface area contributed by atoms with Crippen molar-refractivity contribution in [2.75, 3.05) is 31.5 Å². The van der Waals surface area contributed by atoms with E-state index in [9.17, 15) is 18.0 Å². The second-order valence-electron chi connectivity index (χ2n) is 11.7. The molecule has 1 spiro atoms. The Hall–Kier alpha value is -2.90. The van der Waals surface area contributed by atoms with Crippen LogP contribution in [0.25, 0.3) is 4.85 Å². The highest BCUT2D eigenvalue weighted by molar-refractivity contribution is 5.96. The average molecular weight is 529 g/mol. The van der Waals surface area contributed by atoms with Gasteiger partial charge in [0.15, 0.2) is 5.69 Å². The van der Waals surface area contributed by atoms with Crippen molar-refractivity contribution in [3.8, 4) is 0 Å². The zero-order chi connectivity index (χ0) is 27.1. The highest BCUT2D eigenvalue weighted by atomic mass is 19.4. The molecule has 38 heavy (non-hydrogen) atoms. The number of rotatable bonds is 5. The lowest BCUT2D eigenvalue weighted by Gasteiger charge is -2.50. The van der Waals surface area contributed by atoms with Crippen LogP contribution in [0.15, 0.2) is 30.6 Å². The molecule has 3 heterocycles. The standard InChI is InChI=1S/C28H35F3N6O/c1-26(2,25(38)35-21-4-5-24(32-3)23(14-21)28(29,30)31)37-16-20(15-34-37)19-8-12-36(13-9-19)22-6-10-27(11-7-22)17-33-18-27/h4-5,14-16,19,22,33H,6-13,17-18H2,1-2H3,(H,35,38). The predicted molar refractivity (Wildman–Crippen MR) is 139 cm³/mol. The Morgan fingerprint density at radius 2 is 1.84 bits per heavy atom. The number of nitrogens with zero attached hydrogens (tertiary/aromatic N) is 4. The van der Waals surface area contributed by atoms with E-state index in [-0.39, 0.29) is 5.69 Å². The molecule has 0 radical (unpaired) electrons. The number of carbonyl (C=O) groups excluding carboxylic acids is 1. The fourth-order valence-corrected chi connectivity index (χ4v) is 6.19. The van der Waals surface area contributed by atoms with Gasteiger partial charge in [0.2, 0.25) is 0 Å². The Morgan fingerprint density at radius 3 is 2.42 bits per heavy atom. The number of piperidine rings is 1. The maximum Gasteiger partial charge on any atom is 0.407 e. The second kappa shape index (κ2) is 10.0. The number of amides is 1. The maximum absolute atomic E-state index is 13.3. The van der Waals surface area contributed by atoms with Gasteiger partial charge < -0.3 is 15.5 Å². The van der Waals surface area contributed by atoms with Crippen molar-refractivity contribution < 1.29 is 18.0 Å². The van der Waals surface area contributed by atoms with Crippen LogP contribution in [0.4, 0.5) is 24.5 Å². The summed E-state index contributed by atoms with van der Waals surface area (Å²) in [4.78, 5) is 18.7. The molecule has 2 saturated heterocycles. The second-order valence-corrected chi connectivity index (χ2v) is 11.7. The van der Waals surface area contributed by atoms with Crippen molar-refractivity contribution in [1.29, 1.82) is 0 Å². The normalized spacial score (nSPS) is 21.2. The van der Waals surface area contributed by atoms with Gasteiger partial charge in [-0.2, -0.15) is 18.3 Å². The van der Waals surface area contributed by atoms with Crippen LogP contribution in [0.1, 0.15) is 69.4 Å². The molecule has 5 rings (SSSR count). The van der Waals surface area contributed by atoms with E-state index in [1.54, 1.807) is 18.5 Å². The van der Waals surface area contributed by atoms with Gasteiger partial charge in [-0.15, -0.1) is 0 Å². The molecule has 2 N–H and O–H groups in total. The molecule has 1 aromatic heterocycles. The smallest absolute Gasteiger partial charge is 0.324 e. The number of nitrogens with one attached hydrogen (secondary N) is 2. The van der Waals surface area contributed by atoms with Crippen LogP contribution in [0.5, 0.6) is 0 Å². The van der Waals surface area contributed by atoms with Gasteiger partial charge in [-0.25, -0.2) is 4.85 Å². The van der Waals surface area contributed by atoms with Gasteiger partial charge in [-0.05, 0) is 94.5 Å². The predicted octanol–water partition coefficient (Wildman–Crippen LogP) is 5.54. The summed E-state index contributed by atoms with van der Waals surface area (Å²) >= 11 is 0. The van der Waals surface area contributed by atoms with E-state index in [1.807, 2.05) is 12.4 Å². The first-order chi connectivity index (χ1) is 18.0. The topological polar surface area (TPSA) is 66.6 Å². The van der Waals surface area contributed by atoms with E-state index in [4.69, 9.17) is 6.57 Å². The fraction of sp³-hybridized carbons (Fsp3) is 0.607. The number of aromatic nitrogens is 2. The molecule has 10 heteroatoms. The van der Waals surface area contributed by atoms with Gasteiger partial charge in [0.1, 0.15) is 5.54 Å². The molecular weight excluding hydrogens is 493 g/mol. The first-order valence-corrected chi connectivity index (χ1v) is 13.4. The molecule has 0 unspecified atom stereocenters. The zero-order valence-electron chi connectivity index (χ0n) is 21.9. The van der Waals surface area contributed by atoms with Crippen molar-refractivity contribution in [3.05, 3.63) is 53.1 Å². The molecule has 2 aromatic rings. The van der Waals surface area contributed by atoms with Gasteiger partial charge >= 0.3 is 6.18 Å². The van der Waals surface area contributed by atoms with Crippen molar-refractivity contribution in [1.82, 2.24) is 20.0 Å². The van der Waals surface area contributed by atoms with Gasteiger partial charge in [0.25, 0.3) is 5.91 Å². The van der Waals surface area contributed by atoms with Gasteiger partial charge in [0.05, 0.1) is 18.3 Å². The number of anilines is 1. The Kier molecular flexibility index (Phi) is 7.03. The number of halogens is 3. The lowest BCUT2D eigenvalue weighted by molar-refractivity contribution is -0.136. The fourth-order valence-electron chi connectivity index (χ4n) is 6.19. The number of benzene rings is 1. The van der Waals surface area contributed by atoms with E-state index in [0.29, 0.717) is 17.4 Å². The van der Waals surface area contributed by atoms with Crippen LogP contribution >= 0.6 is 0 Å². The first-order valence-electron chi connectivity index (χ1n) is 13.4. The van der Waals surface area contributed by atoms with Crippen molar-refractivity contribution in [2.24, 2.45) is 5.41 Å². The lowest BCUT2D eigenvalue weighted by atomic mass is 9.68. The third kappa shape index (κ3) is 5.19. The zero-order valence-corrected chi connectivity index (χ0v) is 21.9. The number of alkyl halides is 3. The van der Waals surface area contributed by atoms with Crippen molar-refractivity contribution in [2.45, 2.75) is 76.0 Å². The molecule has 0 bridgehead atoms. The quantitative estimate of drug-likeness (QED) is 0.501. The number of hydrogen-bond acceptors (Lipinski definition) is 4. The number of likely N-dealkylation sites (tertiary alicyclic amines) is 1. The summed E-state index contributed by atoms with van der Waals surface area (Å²) in [6.07, 6.45) is 6.37. The van der Waals surface area contributed by atoms with Crippen LogP contribution in [0.3, 0.4) is 0 Å². The van der Waals surface area contributed by atoms with E-state index >= 15 is 0 Å². The molecular formula is C28H35F3N6O. The Bertz CT molecular complexity index is 1210. The summed E-state index contributed by atoms with van der Waals surface area (Å²) in [6, 6.07) is 3.88. The molecule has 1 aliphatic carbocycles. The van der Waals surface area contributed by atoms with Crippen molar-refractivity contribution in [3.63, 3.8) is 0 Å². The minimum atomic E-state index is -4.68. The molecule has 1 aromatic carbocycles. The van der Waals surface area contributed by atoms with Gasteiger partial charge in [-0.3, -0.25) is 9.48 Å². The van der Waals surface area contributed by atoms with Crippen LogP contribution in [0, 0.1) is 12.0 Å². The molecule has 1 amide bonds. The molecule has 3 aliphatic rings. The summed E-state index contributed by atoms with van der Waals surface area (Å²) in [5.74, 6) is -0.109. The third-order valence-corrected chi connectivity index (χ3v) is 8.94. The van der Waals surface area contributed by atoms with E-state index in [1.165, 1.54) is 44.8 Å². The van der Waals surface area contributed by atoms with E-state index < -0.39 is 28.9 Å². The SMILES string of the molecule is [C-]#[N+]c1ccc(NC(=O)C(C)(C)n2cc(C3CCN(C4CCC5(CC4)CNC5)CC3)cn2)cc1C(F)(F)F. The van der Waals surface area contributed by atoms with Crippen LogP contribution in [-0.2, 0) is 16.5 Å². The minimum absolute atomic E-state index is 0.00948. The summed E-state index contributed by atoms with van der Waals surface area (Å²) in [6.45, 7) is 14.9. The summed E-state index contributed by atoms with van der Waals surface area (Å²) in [7, 11) is 0. The Balaban J connectivity index is 1.19. The molecule has 1 saturated carbocycles. The molecule has 7 nitrogen and oxygen atoms in total. The maximum atomic E-state index is 13.3. The minimum Gasteiger partial charge on any atom is -0.324 e. The molecule has 204 valence electrons. The van der Waals surface area contributed by atoms with Crippen LogP contribution in [-0.4, -0.2) is 52.8 Å². The van der Waals surface area contributed by atoms with Gasteiger partial charge in [0, 0.05) is 31.0 Å². The monoisotopic (exact) mass is 528 g/mol. The summed E-state index contributed by atoms with van der Waals surface area (Å²) in [5.41, 5.74) is -1.03. The first kappa shape index (κ1) is 26.7. The highest BCUT2D eigenvalue weighted by Gasteiger charge is 2.42. The molecule has 3 fully saturated rings. The molecule has 2 aliphatic heterocycles. The summed E-state index contributed by atoms with van der Waals surface area (Å²) in [5, 5.41) is 10.5.